The van der Waals surface area contributed by atoms with Gasteiger partial charge in [0.1, 0.15) is 17.1 Å². The number of fused-ring (bicyclic) bond motifs is 1. The fraction of sp³-hybridized carbons (Fsp3) is 0.214. The van der Waals surface area contributed by atoms with Crippen LogP contribution in [-0.4, -0.2) is 38.8 Å². The first-order chi connectivity index (χ1) is 17.1. The van der Waals surface area contributed by atoms with E-state index in [0.29, 0.717) is 33.7 Å². The monoisotopic (exact) mass is 470 g/mol. The number of ether oxygens (including phenoxy) is 2. The van der Waals surface area contributed by atoms with Crippen molar-refractivity contribution in [3.8, 4) is 16.9 Å². The van der Waals surface area contributed by atoms with E-state index in [9.17, 15) is 9.59 Å². The van der Waals surface area contributed by atoms with Crippen LogP contribution >= 0.6 is 0 Å². The maximum absolute atomic E-state index is 13.1. The van der Waals surface area contributed by atoms with Crippen molar-refractivity contribution in [1.29, 1.82) is 0 Å². The van der Waals surface area contributed by atoms with Crippen LogP contribution in [0, 0.1) is 6.92 Å². The van der Waals surface area contributed by atoms with Gasteiger partial charge in [0.05, 0.1) is 24.2 Å². The summed E-state index contributed by atoms with van der Waals surface area (Å²) in [4.78, 5) is 27.7. The SMILES string of the molecule is Cc1oc2cc(OCC(=O)Nc3ccc(N4CCOCC4)cc3)ccc2c(=O)c1-c1ccccc1. The summed E-state index contributed by atoms with van der Waals surface area (Å²) in [6.45, 7) is 4.77. The van der Waals surface area contributed by atoms with Gasteiger partial charge in [-0.25, -0.2) is 0 Å². The summed E-state index contributed by atoms with van der Waals surface area (Å²) in [5.41, 5.74) is 3.49. The number of nitrogens with one attached hydrogen (secondary N) is 1. The van der Waals surface area contributed by atoms with Crippen LogP contribution in [0.5, 0.6) is 5.75 Å². The minimum Gasteiger partial charge on any atom is -0.484 e. The Morgan fingerprint density at radius 3 is 2.49 bits per heavy atom. The molecule has 178 valence electrons. The van der Waals surface area contributed by atoms with Crippen LogP contribution in [0.15, 0.2) is 82.0 Å². The van der Waals surface area contributed by atoms with Crippen molar-refractivity contribution in [3.63, 3.8) is 0 Å². The van der Waals surface area contributed by atoms with Gasteiger partial charge in [-0.1, -0.05) is 30.3 Å². The molecule has 0 atom stereocenters. The first-order valence-corrected chi connectivity index (χ1v) is 11.6. The van der Waals surface area contributed by atoms with Gasteiger partial charge in [0.25, 0.3) is 5.91 Å². The quantitative estimate of drug-likeness (QED) is 0.443. The van der Waals surface area contributed by atoms with Gasteiger partial charge in [0.2, 0.25) is 5.43 Å². The molecule has 5 rings (SSSR count). The van der Waals surface area contributed by atoms with Crippen LogP contribution in [0.1, 0.15) is 5.76 Å². The molecule has 35 heavy (non-hydrogen) atoms. The number of carbonyl (C=O) groups excluding carboxylic acids is 1. The van der Waals surface area contributed by atoms with Crippen LogP contribution < -0.4 is 20.4 Å². The Labute approximate surface area is 202 Å². The van der Waals surface area contributed by atoms with Gasteiger partial charge in [-0.2, -0.15) is 0 Å². The first-order valence-electron chi connectivity index (χ1n) is 11.6. The van der Waals surface area contributed by atoms with Gasteiger partial charge in [-0.3, -0.25) is 9.59 Å². The normalized spacial score (nSPS) is 13.6. The summed E-state index contributed by atoms with van der Waals surface area (Å²) in [5, 5.41) is 3.31. The standard InChI is InChI=1S/C28H26N2O5/c1-19-27(20-5-3-2-4-6-20)28(32)24-12-11-23(17-25(24)35-19)34-18-26(31)29-21-7-9-22(10-8-21)30-13-15-33-16-14-30/h2-12,17H,13-16,18H2,1H3,(H,29,31). The van der Waals surface area contributed by atoms with Gasteiger partial charge in [0, 0.05) is 30.5 Å². The molecule has 1 aliphatic rings. The van der Waals surface area contributed by atoms with Crippen molar-refractivity contribution in [2.24, 2.45) is 0 Å². The smallest absolute Gasteiger partial charge is 0.262 e. The number of nitrogens with zero attached hydrogens (tertiary/aromatic N) is 1. The summed E-state index contributed by atoms with van der Waals surface area (Å²) in [5.74, 6) is 0.704. The molecule has 0 saturated carbocycles. The lowest BCUT2D eigenvalue weighted by Crippen LogP contribution is -2.36. The molecule has 2 heterocycles. The number of rotatable bonds is 6. The van der Waals surface area contributed by atoms with E-state index in [2.05, 4.69) is 10.2 Å². The predicted molar refractivity (Wildman–Crippen MR) is 136 cm³/mol. The fourth-order valence-corrected chi connectivity index (χ4v) is 4.24. The molecule has 0 unspecified atom stereocenters. The highest BCUT2D eigenvalue weighted by Crippen LogP contribution is 2.26. The van der Waals surface area contributed by atoms with E-state index in [0.717, 1.165) is 37.6 Å². The van der Waals surface area contributed by atoms with Crippen LogP contribution in [0.3, 0.4) is 0 Å². The van der Waals surface area contributed by atoms with Crippen LogP contribution in [0.25, 0.3) is 22.1 Å². The second-order valence-corrected chi connectivity index (χ2v) is 8.37. The molecule has 0 bridgehead atoms. The zero-order valence-electron chi connectivity index (χ0n) is 19.5. The van der Waals surface area contributed by atoms with Crippen molar-refractivity contribution in [1.82, 2.24) is 0 Å². The Balaban J connectivity index is 1.24. The van der Waals surface area contributed by atoms with Gasteiger partial charge in [-0.05, 0) is 48.9 Å². The summed E-state index contributed by atoms with van der Waals surface area (Å²) >= 11 is 0. The third-order valence-corrected chi connectivity index (χ3v) is 6.00. The molecular formula is C28H26N2O5. The van der Waals surface area contributed by atoms with E-state index in [4.69, 9.17) is 13.9 Å². The molecule has 0 radical (unpaired) electrons. The molecule has 1 saturated heterocycles. The average Bonchev–Trinajstić information content (AvgIpc) is 2.89. The average molecular weight is 471 g/mol. The lowest BCUT2D eigenvalue weighted by molar-refractivity contribution is -0.118. The van der Waals surface area contributed by atoms with Crippen LogP contribution in [-0.2, 0) is 9.53 Å². The molecule has 7 nitrogen and oxygen atoms in total. The topological polar surface area (TPSA) is 81.0 Å². The number of benzene rings is 3. The number of hydrogen-bond donors (Lipinski definition) is 1. The fourth-order valence-electron chi connectivity index (χ4n) is 4.24. The molecule has 7 heteroatoms. The molecule has 4 aromatic rings. The lowest BCUT2D eigenvalue weighted by Gasteiger charge is -2.28. The highest BCUT2D eigenvalue weighted by Gasteiger charge is 2.15. The second kappa shape index (κ2) is 10.0. The van der Waals surface area contributed by atoms with Gasteiger partial charge in [-0.15, -0.1) is 0 Å². The maximum atomic E-state index is 13.1. The number of hydrogen-bond acceptors (Lipinski definition) is 6. The van der Waals surface area contributed by atoms with E-state index < -0.39 is 0 Å². The predicted octanol–water partition coefficient (Wildman–Crippen LogP) is 4.62. The summed E-state index contributed by atoms with van der Waals surface area (Å²) in [7, 11) is 0. The van der Waals surface area contributed by atoms with Crippen molar-refractivity contribution in [2.75, 3.05) is 43.1 Å². The highest BCUT2D eigenvalue weighted by molar-refractivity contribution is 5.92. The molecule has 0 aliphatic carbocycles. The maximum Gasteiger partial charge on any atom is 0.262 e. The van der Waals surface area contributed by atoms with E-state index in [1.54, 1.807) is 25.1 Å². The summed E-state index contributed by atoms with van der Waals surface area (Å²) in [6.07, 6.45) is 0. The molecule has 1 amide bonds. The largest absolute Gasteiger partial charge is 0.484 e. The molecule has 1 N–H and O–H groups in total. The Morgan fingerprint density at radius 2 is 1.74 bits per heavy atom. The van der Waals surface area contributed by atoms with Gasteiger partial charge >= 0.3 is 0 Å². The molecule has 0 spiro atoms. The minimum absolute atomic E-state index is 0.0974. The number of aryl methyl sites for hydroxylation is 1. The second-order valence-electron chi connectivity index (χ2n) is 8.37. The summed E-state index contributed by atoms with van der Waals surface area (Å²) in [6, 6.07) is 22.2. The van der Waals surface area contributed by atoms with E-state index in [1.165, 1.54) is 0 Å². The Bertz CT molecular complexity index is 1390. The van der Waals surface area contributed by atoms with Crippen molar-refractivity contribution in [3.05, 3.63) is 88.8 Å². The first kappa shape index (κ1) is 22.7. The van der Waals surface area contributed by atoms with E-state index in [-0.39, 0.29) is 17.9 Å². The Hall–Kier alpha value is -4.10. The molecule has 1 aliphatic heterocycles. The minimum atomic E-state index is -0.277. The number of carbonyl (C=O) groups is 1. The van der Waals surface area contributed by atoms with E-state index >= 15 is 0 Å². The van der Waals surface area contributed by atoms with E-state index in [1.807, 2.05) is 54.6 Å². The molecule has 1 aromatic heterocycles. The van der Waals surface area contributed by atoms with Crippen molar-refractivity contribution >= 4 is 28.3 Å². The molecule has 3 aromatic carbocycles. The van der Waals surface area contributed by atoms with Crippen molar-refractivity contribution in [2.45, 2.75) is 6.92 Å². The number of morpholine rings is 1. The molecule has 1 fully saturated rings. The zero-order valence-corrected chi connectivity index (χ0v) is 19.5. The highest BCUT2D eigenvalue weighted by atomic mass is 16.5. The third kappa shape index (κ3) is 5.05. The van der Waals surface area contributed by atoms with Crippen LogP contribution in [0.2, 0.25) is 0 Å². The Kier molecular flexibility index (Phi) is 6.50. The zero-order chi connectivity index (χ0) is 24.2. The van der Waals surface area contributed by atoms with Crippen molar-refractivity contribution < 1.29 is 18.7 Å². The third-order valence-electron chi connectivity index (χ3n) is 6.00. The number of amides is 1. The van der Waals surface area contributed by atoms with Gasteiger partial charge < -0.3 is 24.1 Å². The Morgan fingerprint density at radius 1 is 1.00 bits per heavy atom. The lowest BCUT2D eigenvalue weighted by atomic mass is 10.0. The van der Waals surface area contributed by atoms with Crippen LogP contribution in [0.4, 0.5) is 11.4 Å². The summed E-state index contributed by atoms with van der Waals surface area (Å²) < 4.78 is 17.0. The number of anilines is 2. The molecular weight excluding hydrogens is 444 g/mol. The van der Waals surface area contributed by atoms with Gasteiger partial charge in [0.15, 0.2) is 6.61 Å².